The minimum Gasteiger partial charge on any atom is -0.489 e. The molecule has 0 aromatic heterocycles. The summed E-state index contributed by atoms with van der Waals surface area (Å²) < 4.78 is 19.4. The molecule has 1 aliphatic rings. The molecule has 0 atom stereocenters. The van der Waals surface area contributed by atoms with Crippen LogP contribution in [0.15, 0.2) is 36.4 Å². The Hall–Kier alpha value is -2.36. The Morgan fingerprint density at radius 1 is 1.25 bits per heavy atom. The topological polar surface area (TPSA) is 38.3 Å². The zero-order valence-electron chi connectivity index (χ0n) is 11.1. The van der Waals surface area contributed by atoms with Crippen molar-refractivity contribution in [1.82, 2.24) is 0 Å². The molecule has 1 N–H and O–H groups in total. The van der Waals surface area contributed by atoms with Gasteiger partial charge in [-0.15, -0.1) is 0 Å². The van der Waals surface area contributed by atoms with Gasteiger partial charge in [-0.2, -0.15) is 0 Å². The minimum atomic E-state index is -0.512. The lowest BCUT2D eigenvalue weighted by atomic mass is 9.99. The van der Waals surface area contributed by atoms with Crippen molar-refractivity contribution in [3.05, 3.63) is 58.9 Å². The van der Waals surface area contributed by atoms with E-state index >= 15 is 0 Å². The summed E-state index contributed by atoms with van der Waals surface area (Å²) in [5.41, 5.74) is 2.08. The van der Waals surface area contributed by atoms with Crippen LogP contribution in [0.5, 0.6) is 5.75 Å². The maximum Gasteiger partial charge on any atom is 0.199 e. The molecule has 2 aromatic rings. The largest absolute Gasteiger partial charge is 0.489 e. The SMILES string of the molecule is Cc1ccc(F)c(C(=O)c2cccc3c2OCCN3)c1. The third-order valence-electron chi connectivity index (χ3n) is 3.29. The van der Waals surface area contributed by atoms with E-state index in [0.29, 0.717) is 24.5 Å². The lowest BCUT2D eigenvalue weighted by Crippen LogP contribution is -2.20. The molecule has 0 bridgehead atoms. The van der Waals surface area contributed by atoms with E-state index in [0.717, 1.165) is 11.3 Å². The summed E-state index contributed by atoms with van der Waals surface area (Å²) in [5.74, 6) is -0.363. The summed E-state index contributed by atoms with van der Waals surface area (Å²) in [7, 11) is 0. The number of carbonyl (C=O) groups excluding carboxylic acids is 1. The fraction of sp³-hybridized carbons (Fsp3) is 0.188. The first-order valence-electron chi connectivity index (χ1n) is 6.47. The summed E-state index contributed by atoms with van der Waals surface area (Å²) >= 11 is 0. The fourth-order valence-electron chi connectivity index (χ4n) is 2.31. The van der Waals surface area contributed by atoms with Crippen molar-refractivity contribution in [2.45, 2.75) is 6.92 Å². The molecule has 0 radical (unpaired) electrons. The van der Waals surface area contributed by atoms with E-state index in [1.165, 1.54) is 6.07 Å². The van der Waals surface area contributed by atoms with Crippen LogP contribution in [0.4, 0.5) is 10.1 Å². The molecule has 2 aromatic carbocycles. The molecule has 1 heterocycles. The van der Waals surface area contributed by atoms with E-state index in [4.69, 9.17) is 4.74 Å². The highest BCUT2D eigenvalue weighted by atomic mass is 19.1. The molecule has 20 heavy (non-hydrogen) atoms. The molecule has 0 aliphatic carbocycles. The normalized spacial score (nSPS) is 13.1. The number of hydrogen-bond acceptors (Lipinski definition) is 3. The number of para-hydroxylation sites is 1. The van der Waals surface area contributed by atoms with Crippen LogP contribution in [0.25, 0.3) is 0 Å². The van der Waals surface area contributed by atoms with Crippen LogP contribution in [0.2, 0.25) is 0 Å². The van der Waals surface area contributed by atoms with Crippen molar-refractivity contribution in [2.24, 2.45) is 0 Å². The van der Waals surface area contributed by atoms with Crippen LogP contribution in [0.1, 0.15) is 21.5 Å². The molecule has 3 nitrogen and oxygen atoms in total. The van der Waals surface area contributed by atoms with Crippen LogP contribution in [-0.4, -0.2) is 18.9 Å². The lowest BCUT2D eigenvalue weighted by molar-refractivity contribution is 0.103. The van der Waals surface area contributed by atoms with Crippen molar-refractivity contribution in [3.8, 4) is 5.75 Å². The number of hydrogen-bond donors (Lipinski definition) is 1. The second-order valence-electron chi connectivity index (χ2n) is 4.77. The van der Waals surface area contributed by atoms with Gasteiger partial charge in [0.2, 0.25) is 0 Å². The van der Waals surface area contributed by atoms with Crippen LogP contribution in [0.3, 0.4) is 0 Å². The summed E-state index contributed by atoms with van der Waals surface area (Å²) in [6.45, 7) is 3.02. The van der Waals surface area contributed by atoms with Crippen molar-refractivity contribution < 1.29 is 13.9 Å². The summed E-state index contributed by atoms with van der Waals surface area (Å²) in [6, 6.07) is 9.80. The van der Waals surface area contributed by atoms with Crippen LogP contribution in [-0.2, 0) is 0 Å². The second-order valence-corrected chi connectivity index (χ2v) is 4.77. The highest BCUT2D eigenvalue weighted by Crippen LogP contribution is 2.33. The number of ketones is 1. The minimum absolute atomic E-state index is 0.0765. The Morgan fingerprint density at radius 3 is 2.95 bits per heavy atom. The molecule has 3 rings (SSSR count). The van der Waals surface area contributed by atoms with Crippen LogP contribution >= 0.6 is 0 Å². The maximum absolute atomic E-state index is 13.9. The Kier molecular flexibility index (Phi) is 3.14. The van der Waals surface area contributed by atoms with Gasteiger partial charge in [-0.25, -0.2) is 4.39 Å². The van der Waals surface area contributed by atoms with E-state index in [1.807, 2.05) is 13.0 Å². The standard InChI is InChI=1S/C16H14FNO2/c1-10-5-6-13(17)12(9-10)15(19)11-3-2-4-14-16(11)20-8-7-18-14/h2-6,9,18H,7-8H2,1H3. The van der Waals surface area contributed by atoms with E-state index in [9.17, 15) is 9.18 Å². The van der Waals surface area contributed by atoms with Crippen molar-refractivity contribution >= 4 is 11.5 Å². The average Bonchev–Trinajstić information content (AvgIpc) is 2.48. The van der Waals surface area contributed by atoms with Gasteiger partial charge in [0, 0.05) is 6.54 Å². The number of aryl methyl sites for hydroxylation is 1. The predicted molar refractivity (Wildman–Crippen MR) is 75.0 cm³/mol. The first-order valence-corrected chi connectivity index (χ1v) is 6.47. The molecule has 4 heteroatoms. The second kappa shape index (κ2) is 4.96. The third-order valence-corrected chi connectivity index (χ3v) is 3.29. The molecule has 0 unspecified atom stereocenters. The van der Waals surface area contributed by atoms with E-state index in [-0.39, 0.29) is 11.3 Å². The van der Waals surface area contributed by atoms with Gasteiger partial charge in [0.15, 0.2) is 11.5 Å². The van der Waals surface area contributed by atoms with Gasteiger partial charge < -0.3 is 10.1 Å². The van der Waals surface area contributed by atoms with Gasteiger partial charge in [0.05, 0.1) is 16.8 Å². The van der Waals surface area contributed by atoms with Crippen molar-refractivity contribution in [1.29, 1.82) is 0 Å². The summed E-state index contributed by atoms with van der Waals surface area (Å²) in [4.78, 5) is 12.5. The molecule has 0 saturated heterocycles. The number of fused-ring (bicyclic) bond motifs is 1. The third kappa shape index (κ3) is 2.13. The maximum atomic E-state index is 13.9. The van der Waals surface area contributed by atoms with E-state index in [2.05, 4.69) is 5.32 Å². The molecule has 0 fully saturated rings. The molecule has 102 valence electrons. The molecule has 0 amide bonds. The Balaban J connectivity index is 2.09. The molecular formula is C16H14FNO2. The smallest absolute Gasteiger partial charge is 0.199 e. The number of benzene rings is 2. The van der Waals surface area contributed by atoms with E-state index in [1.54, 1.807) is 24.3 Å². The van der Waals surface area contributed by atoms with Gasteiger partial charge >= 0.3 is 0 Å². The Morgan fingerprint density at radius 2 is 2.10 bits per heavy atom. The van der Waals surface area contributed by atoms with Gasteiger partial charge in [-0.3, -0.25) is 4.79 Å². The van der Waals surface area contributed by atoms with Gasteiger partial charge in [-0.1, -0.05) is 17.7 Å². The molecule has 1 aliphatic heterocycles. The summed E-state index contributed by atoms with van der Waals surface area (Å²) in [6.07, 6.45) is 0. The number of rotatable bonds is 2. The average molecular weight is 271 g/mol. The summed E-state index contributed by atoms with van der Waals surface area (Å²) in [5, 5.41) is 3.16. The monoisotopic (exact) mass is 271 g/mol. The van der Waals surface area contributed by atoms with Gasteiger partial charge in [0.25, 0.3) is 0 Å². The number of nitrogens with one attached hydrogen (secondary N) is 1. The van der Waals surface area contributed by atoms with Crippen molar-refractivity contribution in [2.75, 3.05) is 18.5 Å². The first-order chi connectivity index (χ1) is 9.66. The first kappa shape index (κ1) is 12.7. The molecule has 0 spiro atoms. The zero-order valence-corrected chi connectivity index (χ0v) is 11.1. The van der Waals surface area contributed by atoms with Gasteiger partial charge in [-0.05, 0) is 31.2 Å². The van der Waals surface area contributed by atoms with Gasteiger partial charge in [0.1, 0.15) is 12.4 Å². The number of ether oxygens (including phenoxy) is 1. The number of carbonyl (C=O) groups is 1. The highest BCUT2D eigenvalue weighted by Gasteiger charge is 2.22. The Bertz CT molecular complexity index is 682. The lowest BCUT2D eigenvalue weighted by Gasteiger charge is -2.21. The predicted octanol–water partition coefficient (Wildman–Crippen LogP) is 3.17. The van der Waals surface area contributed by atoms with Crippen LogP contribution in [0, 0.1) is 12.7 Å². The number of anilines is 1. The van der Waals surface area contributed by atoms with Crippen LogP contribution < -0.4 is 10.1 Å². The van der Waals surface area contributed by atoms with E-state index < -0.39 is 5.82 Å². The molecular weight excluding hydrogens is 257 g/mol. The number of halogens is 1. The zero-order chi connectivity index (χ0) is 14.1. The van der Waals surface area contributed by atoms with Crippen molar-refractivity contribution in [3.63, 3.8) is 0 Å². The quantitative estimate of drug-likeness (QED) is 0.853. The Labute approximate surface area is 116 Å². The highest BCUT2D eigenvalue weighted by molar-refractivity contribution is 6.12. The molecule has 0 saturated carbocycles. The fourth-order valence-corrected chi connectivity index (χ4v) is 2.31.